The standard InChI is InChI=1S/C17H15NO2/c1-12-4-2-6-15-16(19)14(7-9-20-17(12)15)10-13-5-3-8-18-11-13/h2-6,8,10-11H,7,9H2,1H3/b14-10+. The van der Waals surface area contributed by atoms with E-state index in [1.165, 1.54) is 0 Å². The van der Waals surface area contributed by atoms with Crippen molar-refractivity contribution in [1.29, 1.82) is 0 Å². The number of hydrogen-bond acceptors (Lipinski definition) is 3. The van der Waals surface area contributed by atoms with Crippen LogP contribution < -0.4 is 4.74 Å². The van der Waals surface area contributed by atoms with E-state index in [-0.39, 0.29) is 5.78 Å². The number of rotatable bonds is 1. The Labute approximate surface area is 117 Å². The molecule has 2 aromatic rings. The Balaban J connectivity index is 2.04. The van der Waals surface area contributed by atoms with Crippen LogP contribution in [0.15, 0.2) is 48.3 Å². The summed E-state index contributed by atoms with van der Waals surface area (Å²) >= 11 is 0. The molecular weight excluding hydrogens is 250 g/mol. The lowest BCUT2D eigenvalue weighted by atomic mass is 9.98. The third kappa shape index (κ3) is 2.35. The Morgan fingerprint density at radius 3 is 2.95 bits per heavy atom. The molecule has 2 heterocycles. The fourth-order valence-corrected chi connectivity index (χ4v) is 2.37. The molecule has 1 aromatic heterocycles. The van der Waals surface area contributed by atoms with Gasteiger partial charge in [0.2, 0.25) is 0 Å². The minimum Gasteiger partial charge on any atom is -0.492 e. The zero-order chi connectivity index (χ0) is 13.9. The second-order valence-corrected chi connectivity index (χ2v) is 4.84. The molecule has 0 atom stereocenters. The summed E-state index contributed by atoms with van der Waals surface area (Å²) in [7, 11) is 0. The number of pyridine rings is 1. The number of ether oxygens (including phenoxy) is 1. The van der Waals surface area contributed by atoms with Crippen LogP contribution >= 0.6 is 0 Å². The number of carbonyl (C=O) groups excluding carboxylic acids is 1. The van der Waals surface area contributed by atoms with Gasteiger partial charge in [0.05, 0.1) is 12.2 Å². The van der Waals surface area contributed by atoms with Crippen LogP contribution in [0.5, 0.6) is 5.75 Å². The highest BCUT2D eigenvalue weighted by molar-refractivity contribution is 6.13. The van der Waals surface area contributed by atoms with Crippen LogP contribution in [-0.4, -0.2) is 17.4 Å². The lowest BCUT2D eigenvalue weighted by Gasteiger charge is -2.08. The van der Waals surface area contributed by atoms with Crippen LogP contribution in [0.4, 0.5) is 0 Å². The van der Waals surface area contributed by atoms with Gasteiger partial charge in [-0.3, -0.25) is 9.78 Å². The summed E-state index contributed by atoms with van der Waals surface area (Å²) in [6.07, 6.45) is 5.99. The lowest BCUT2D eigenvalue weighted by Crippen LogP contribution is -2.02. The molecular formula is C17H15NO2. The number of aromatic nitrogens is 1. The van der Waals surface area contributed by atoms with E-state index in [1.807, 2.05) is 43.3 Å². The fourth-order valence-electron chi connectivity index (χ4n) is 2.37. The maximum absolute atomic E-state index is 12.6. The molecule has 1 aromatic carbocycles. The van der Waals surface area contributed by atoms with Gasteiger partial charge in [0.25, 0.3) is 0 Å². The number of ketones is 1. The van der Waals surface area contributed by atoms with Crippen LogP contribution in [0.1, 0.15) is 27.9 Å². The lowest BCUT2D eigenvalue weighted by molar-refractivity contribution is 0.103. The monoisotopic (exact) mass is 265 g/mol. The topological polar surface area (TPSA) is 39.2 Å². The minimum absolute atomic E-state index is 0.0463. The second kappa shape index (κ2) is 5.29. The summed E-state index contributed by atoms with van der Waals surface area (Å²) < 4.78 is 5.74. The highest BCUT2D eigenvalue weighted by atomic mass is 16.5. The molecule has 20 heavy (non-hydrogen) atoms. The van der Waals surface area contributed by atoms with E-state index in [0.717, 1.165) is 16.7 Å². The van der Waals surface area contributed by atoms with Crippen molar-refractivity contribution in [2.24, 2.45) is 0 Å². The first-order chi connectivity index (χ1) is 9.75. The van der Waals surface area contributed by atoms with Crippen LogP contribution in [0, 0.1) is 6.92 Å². The van der Waals surface area contributed by atoms with Gasteiger partial charge in [-0.15, -0.1) is 0 Å². The summed E-state index contributed by atoms with van der Waals surface area (Å²) in [5, 5.41) is 0. The number of hydrogen-bond donors (Lipinski definition) is 0. The Kier molecular flexibility index (Phi) is 3.33. The van der Waals surface area contributed by atoms with Crippen LogP contribution in [0.2, 0.25) is 0 Å². The fraction of sp³-hybridized carbons (Fsp3) is 0.176. The van der Waals surface area contributed by atoms with Gasteiger partial charge in [-0.2, -0.15) is 0 Å². The van der Waals surface area contributed by atoms with Crippen molar-refractivity contribution < 1.29 is 9.53 Å². The van der Waals surface area contributed by atoms with E-state index in [0.29, 0.717) is 24.3 Å². The maximum atomic E-state index is 12.6. The first-order valence-electron chi connectivity index (χ1n) is 6.63. The summed E-state index contributed by atoms with van der Waals surface area (Å²) in [5.74, 6) is 0.761. The predicted octanol–water partition coefficient (Wildman–Crippen LogP) is 3.44. The van der Waals surface area contributed by atoms with Gasteiger partial charge in [0.15, 0.2) is 5.78 Å². The molecule has 3 nitrogen and oxygen atoms in total. The number of nitrogens with zero attached hydrogens (tertiary/aromatic N) is 1. The Bertz CT molecular complexity index is 675. The molecule has 0 saturated carbocycles. The highest BCUT2D eigenvalue weighted by Crippen LogP contribution is 2.30. The molecule has 0 saturated heterocycles. The third-order valence-corrected chi connectivity index (χ3v) is 3.39. The van der Waals surface area contributed by atoms with Crippen LogP contribution in [0.25, 0.3) is 6.08 Å². The number of carbonyl (C=O) groups is 1. The van der Waals surface area contributed by atoms with Gasteiger partial charge in [0, 0.05) is 24.4 Å². The van der Waals surface area contributed by atoms with Crippen molar-refractivity contribution in [2.75, 3.05) is 6.61 Å². The smallest absolute Gasteiger partial charge is 0.192 e. The van der Waals surface area contributed by atoms with Crippen molar-refractivity contribution in [3.63, 3.8) is 0 Å². The Morgan fingerprint density at radius 1 is 1.25 bits per heavy atom. The maximum Gasteiger partial charge on any atom is 0.192 e. The van der Waals surface area contributed by atoms with Crippen molar-refractivity contribution in [1.82, 2.24) is 4.98 Å². The third-order valence-electron chi connectivity index (χ3n) is 3.39. The molecule has 0 aliphatic carbocycles. The van der Waals surface area contributed by atoms with Crippen LogP contribution in [-0.2, 0) is 0 Å². The number of fused-ring (bicyclic) bond motifs is 1. The first-order valence-corrected chi connectivity index (χ1v) is 6.63. The molecule has 100 valence electrons. The molecule has 0 spiro atoms. The molecule has 0 bridgehead atoms. The Morgan fingerprint density at radius 2 is 2.15 bits per heavy atom. The van der Waals surface area contributed by atoms with Gasteiger partial charge in [-0.05, 0) is 36.3 Å². The van der Waals surface area contributed by atoms with Gasteiger partial charge in [-0.1, -0.05) is 18.2 Å². The molecule has 1 aliphatic rings. The number of para-hydroxylation sites is 1. The average Bonchev–Trinajstić information content (AvgIpc) is 2.62. The number of Topliss-reactive ketones (excluding diaryl/α,β-unsaturated/α-hetero) is 1. The van der Waals surface area contributed by atoms with E-state index in [4.69, 9.17) is 4.74 Å². The van der Waals surface area contributed by atoms with Crippen molar-refractivity contribution in [2.45, 2.75) is 13.3 Å². The number of benzene rings is 1. The van der Waals surface area contributed by atoms with E-state index >= 15 is 0 Å². The molecule has 0 unspecified atom stereocenters. The molecule has 3 rings (SSSR count). The minimum atomic E-state index is 0.0463. The normalized spacial score (nSPS) is 16.4. The highest BCUT2D eigenvalue weighted by Gasteiger charge is 2.22. The van der Waals surface area contributed by atoms with Crippen molar-refractivity contribution in [3.8, 4) is 5.75 Å². The summed E-state index contributed by atoms with van der Waals surface area (Å²) in [6, 6.07) is 9.48. The zero-order valence-electron chi connectivity index (χ0n) is 11.3. The van der Waals surface area contributed by atoms with Gasteiger partial charge in [-0.25, -0.2) is 0 Å². The molecule has 3 heteroatoms. The Hall–Kier alpha value is -2.42. The predicted molar refractivity (Wildman–Crippen MR) is 77.8 cm³/mol. The van der Waals surface area contributed by atoms with E-state index in [9.17, 15) is 4.79 Å². The average molecular weight is 265 g/mol. The summed E-state index contributed by atoms with van der Waals surface area (Å²) in [4.78, 5) is 16.7. The summed E-state index contributed by atoms with van der Waals surface area (Å²) in [5.41, 5.74) is 3.35. The van der Waals surface area contributed by atoms with E-state index in [2.05, 4.69) is 4.98 Å². The van der Waals surface area contributed by atoms with Gasteiger partial charge < -0.3 is 4.74 Å². The first kappa shape index (κ1) is 12.6. The quantitative estimate of drug-likeness (QED) is 0.741. The van der Waals surface area contributed by atoms with Crippen molar-refractivity contribution >= 4 is 11.9 Å². The van der Waals surface area contributed by atoms with Crippen molar-refractivity contribution in [3.05, 3.63) is 65.0 Å². The van der Waals surface area contributed by atoms with Crippen LogP contribution in [0.3, 0.4) is 0 Å². The van der Waals surface area contributed by atoms with E-state index in [1.54, 1.807) is 12.4 Å². The molecule has 1 aliphatic heterocycles. The SMILES string of the molecule is Cc1cccc2c1OCC/C(=C\c1cccnc1)C2=O. The molecule has 0 amide bonds. The van der Waals surface area contributed by atoms with Gasteiger partial charge in [0.1, 0.15) is 5.75 Å². The zero-order valence-corrected chi connectivity index (χ0v) is 11.3. The van der Waals surface area contributed by atoms with Gasteiger partial charge >= 0.3 is 0 Å². The summed E-state index contributed by atoms with van der Waals surface area (Å²) in [6.45, 7) is 2.48. The molecule has 0 N–H and O–H groups in total. The molecule has 0 radical (unpaired) electrons. The van der Waals surface area contributed by atoms with E-state index < -0.39 is 0 Å². The largest absolute Gasteiger partial charge is 0.492 e. The second-order valence-electron chi connectivity index (χ2n) is 4.84. The molecule has 0 fully saturated rings. The number of aryl methyl sites for hydroxylation is 1.